The molecule has 1 aromatic rings. The van der Waals surface area contributed by atoms with Crippen LogP contribution in [0.3, 0.4) is 0 Å². The molecule has 0 unspecified atom stereocenters. The maximum absolute atomic E-state index is 9.45. The summed E-state index contributed by atoms with van der Waals surface area (Å²) in [5.41, 5.74) is 0.922. The molecule has 0 fully saturated rings. The van der Waals surface area contributed by atoms with E-state index in [1.54, 1.807) is 13.2 Å². The van der Waals surface area contributed by atoms with Crippen LogP contribution in [0.25, 0.3) is 0 Å². The summed E-state index contributed by atoms with van der Waals surface area (Å²) in [7, 11) is 1.58. The lowest BCUT2D eigenvalue weighted by molar-refractivity contribution is 0.406. The Labute approximate surface area is 72.8 Å². The fourth-order valence-corrected chi connectivity index (χ4v) is 1.07. The Morgan fingerprint density at radius 2 is 2.25 bits per heavy atom. The van der Waals surface area contributed by atoms with Crippen molar-refractivity contribution in [1.29, 1.82) is 0 Å². The minimum Gasteiger partial charge on any atom is -0.508 e. The summed E-state index contributed by atoms with van der Waals surface area (Å²) >= 11 is 0. The molecule has 0 bridgehead atoms. The van der Waals surface area contributed by atoms with Crippen molar-refractivity contribution in [3.63, 3.8) is 0 Å². The first kappa shape index (κ1) is 8.91. The Bertz CT molecular complexity index is 256. The average Bonchev–Trinajstić information content (AvgIpc) is 2.09. The minimum atomic E-state index is 0.290. The van der Waals surface area contributed by atoms with Gasteiger partial charge in [0.25, 0.3) is 0 Å². The number of phenolic OH excluding ortho intramolecular Hbond substituents is 1. The number of aryl methyl sites for hydroxylation is 1. The molecule has 0 aliphatic rings. The Kier molecular flexibility index (Phi) is 2.97. The van der Waals surface area contributed by atoms with Crippen molar-refractivity contribution in [2.75, 3.05) is 7.11 Å². The molecule has 2 heteroatoms. The van der Waals surface area contributed by atoms with E-state index in [0.717, 1.165) is 18.4 Å². The van der Waals surface area contributed by atoms with Crippen molar-refractivity contribution in [2.24, 2.45) is 0 Å². The zero-order valence-corrected chi connectivity index (χ0v) is 7.21. The van der Waals surface area contributed by atoms with Crippen LogP contribution < -0.4 is 4.74 Å². The average molecular weight is 165 g/mol. The summed E-state index contributed by atoms with van der Waals surface area (Å²) in [6, 6.07) is 5.31. The first-order valence-electron chi connectivity index (χ1n) is 3.93. The van der Waals surface area contributed by atoms with E-state index in [0.29, 0.717) is 5.75 Å². The number of phenols is 1. The number of aromatic hydroxyl groups is 1. The number of hydrogen-bond donors (Lipinski definition) is 1. The predicted molar refractivity (Wildman–Crippen MR) is 48.3 cm³/mol. The molecule has 65 valence electrons. The van der Waals surface area contributed by atoms with Gasteiger partial charge in [0, 0.05) is 6.07 Å². The van der Waals surface area contributed by atoms with Crippen molar-refractivity contribution in [2.45, 2.75) is 12.8 Å². The van der Waals surface area contributed by atoms with Gasteiger partial charge < -0.3 is 9.84 Å². The molecule has 1 N–H and O–H groups in total. The highest BCUT2D eigenvalue weighted by molar-refractivity contribution is 5.39. The van der Waals surface area contributed by atoms with Crippen LogP contribution in [0.4, 0.5) is 0 Å². The van der Waals surface area contributed by atoms with Crippen LogP contribution in [0.1, 0.15) is 12.0 Å². The lowest BCUT2D eigenvalue weighted by Gasteiger charge is -2.04. The lowest BCUT2D eigenvalue weighted by atomic mass is 10.1. The number of rotatable bonds is 3. The molecule has 0 saturated carbocycles. The predicted octanol–water partition coefficient (Wildman–Crippen LogP) is 2.17. The number of methoxy groups -OCH3 is 1. The molecule has 1 aromatic carbocycles. The van der Waals surface area contributed by atoms with E-state index in [2.05, 4.69) is 6.92 Å². The summed E-state index contributed by atoms with van der Waals surface area (Å²) in [6.07, 6.45) is 1.59. The van der Waals surface area contributed by atoms with Gasteiger partial charge in [0.1, 0.15) is 11.5 Å². The smallest absolute Gasteiger partial charge is 0.122 e. The second-order valence-electron chi connectivity index (χ2n) is 2.60. The largest absolute Gasteiger partial charge is 0.508 e. The lowest BCUT2D eigenvalue weighted by Crippen LogP contribution is -1.87. The van der Waals surface area contributed by atoms with Crippen LogP contribution in [0.15, 0.2) is 18.2 Å². The summed E-state index contributed by atoms with van der Waals surface area (Å²) in [5, 5.41) is 9.45. The Morgan fingerprint density at radius 3 is 2.75 bits per heavy atom. The molecular weight excluding hydrogens is 152 g/mol. The molecular formula is C10H13O2. The fraction of sp³-hybridized carbons (Fsp3) is 0.300. The topological polar surface area (TPSA) is 29.5 Å². The van der Waals surface area contributed by atoms with Crippen LogP contribution in [-0.4, -0.2) is 12.2 Å². The van der Waals surface area contributed by atoms with E-state index in [4.69, 9.17) is 4.74 Å². The van der Waals surface area contributed by atoms with Crippen LogP contribution >= 0.6 is 0 Å². The molecule has 0 atom stereocenters. The second-order valence-corrected chi connectivity index (χ2v) is 2.60. The van der Waals surface area contributed by atoms with E-state index in [-0.39, 0.29) is 5.75 Å². The van der Waals surface area contributed by atoms with Crippen LogP contribution in [0.2, 0.25) is 0 Å². The zero-order chi connectivity index (χ0) is 8.97. The number of ether oxygens (including phenoxy) is 1. The molecule has 2 nitrogen and oxygen atoms in total. The highest BCUT2D eigenvalue weighted by Gasteiger charge is 2.00. The normalized spacial score (nSPS) is 9.83. The minimum absolute atomic E-state index is 0.290. The fourth-order valence-electron chi connectivity index (χ4n) is 1.07. The maximum atomic E-state index is 9.45. The van der Waals surface area contributed by atoms with E-state index < -0.39 is 0 Å². The van der Waals surface area contributed by atoms with Crippen molar-refractivity contribution in [1.82, 2.24) is 0 Å². The van der Waals surface area contributed by atoms with Gasteiger partial charge in [0.15, 0.2) is 0 Å². The third-order valence-electron chi connectivity index (χ3n) is 1.74. The molecule has 0 saturated heterocycles. The highest BCUT2D eigenvalue weighted by atomic mass is 16.5. The van der Waals surface area contributed by atoms with Crippen LogP contribution in [0, 0.1) is 6.92 Å². The first-order valence-corrected chi connectivity index (χ1v) is 3.93. The monoisotopic (exact) mass is 165 g/mol. The van der Waals surface area contributed by atoms with E-state index in [9.17, 15) is 5.11 Å². The molecule has 0 heterocycles. The van der Waals surface area contributed by atoms with Crippen molar-refractivity contribution in [3.8, 4) is 11.5 Å². The van der Waals surface area contributed by atoms with E-state index in [1.807, 2.05) is 12.1 Å². The molecule has 1 radical (unpaired) electrons. The summed E-state index contributed by atoms with van der Waals surface area (Å²) in [5.74, 6) is 0.971. The number of hydrogen-bond acceptors (Lipinski definition) is 2. The third kappa shape index (κ3) is 1.91. The van der Waals surface area contributed by atoms with E-state index in [1.165, 1.54) is 0 Å². The molecule has 0 aliphatic carbocycles. The molecule has 12 heavy (non-hydrogen) atoms. The molecule has 0 aromatic heterocycles. The van der Waals surface area contributed by atoms with Crippen molar-refractivity contribution >= 4 is 0 Å². The van der Waals surface area contributed by atoms with E-state index >= 15 is 0 Å². The molecule has 0 spiro atoms. The first-order chi connectivity index (χ1) is 5.77. The Hall–Kier alpha value is -1.18. The number of benzene rings is 1. The van der Waals surface area contributed by atoms with Gasteiger partial charge in [-0.3, -0.25) is 0 Å². The maximum Gasteiger partial charge on any atom is 0.122 e. The zero-order valence-electron chi connectivity index (χ0n) is 7.21. The van der Waals surface area contributed by atoms with Crippen molar-refractivity contribution < 1.29 is 9.84 Å². The van der Waals surface area contributed by atoms with Gasteiger partial charge in [-0.1, -0.05) is 13.0 Å². The van der Waals surface area contributed by atoms with Crippen molar-refractivity contribution in [3.05, 3.63) is 30.7 Å². The molecule has 0 aliphatic heterocycles. The standard InChI is InChI=1S/C10H13O2/c1-3-4-8-5-6-9(12-2)7-10(8)11/h5-7,11H,1,3-4H2,2H3. The van der Waals surface area contributed by atoms with Gasteiger partial charge in [0.2, 0.25) is 0 Å². The van der Waals surface area contributed by atoms with Gasteiger partial charge >= 0.3 is 0 Å². The van der Waals surface area contributed by atoms with Gasteiger partial charge in [-0.15, -0.1) is 0 Å². The second kappa shape index (κ2) is 4.00. The Balaban J connectivity index is 2.87. The van der Waals surface area contributed by atoms with Gasteiger partial charge in [-0.05, 0) is 24.5 Å². The van der Waals surface area contributed by atoms with Gasteiger partial charge in [-0.2, -0.15) is 0 Å². The van der Waals surface area contributed by atoms with Gasteiger partial charge in [-0.25, -0.2) is 0 Å². The SMILES string of the molecule is [CH2]CCc1ccc(OC)cc1O. The van der Waals surface area contributed by atoms with Gasteiger partial charge in [0.05, 0.1) is 7.11 Å². The van der Waals surface area contributed by atoms with Crippen LogP contribution in [0.5, 0.6) is 11.5 Å². The molecule has 0 amide bonds. The quantitative estimate of drug-likeness (QED) is 0.743. The summed E-state index contributed by atoms with van der Waals surface area (Å²) in [6.45, 7) is 3.72. The summed E-state index contributed by atoms with van der Waals surface area (Å²) in [4.78, 5) is 0. The molecule has 1 rings (SSSR count). The Morgan fingerprint density at radius 1 is 1.50 bits per heavy atom. The third-order valence-corrected chi connectivity index (χ3v) is 1.74. The van der Waals surface area contributed by atoms with Crippen LogP contribution in [-0.2, 0) is 6.42 Å². The summed E-state index contributed by atoms with van der Waals surface area (Å²) < 4.78 is 4.95. The highest BCUT2D eigenvalue weighted by Crippen LogP contribution is 2.23.